The molecule has 1 unspecified atom stereocenters. The molecule has 3 rings (SSSR count). The molecule has 1 aliphatic rings. The van der Waals surface area contributed by atoms with Gasteiger partial charge in [-0.25, -0.2) is 9.59 Å². The third kappa shape index (κ3) is 2.54. The summed E-state index contributed by atoms with van der Waals surface area (Å²) in [6.07, 6.45) is 0. The van der Waals surface area contributed by atoms with E-state index in [-0.39, 0.29) is 5.82 Å². The summed E-state index contributed by atoms with van der Waals surface area (Å²) in [5.41, 5.74) is 1.21. The fourth-order valence-corrected chi connectivity index (χ4v) is 2.73. The van der Waals surface area contributed by atoms with Gasteiger partial charge < -0.3 is 5.32 Å². The zero-order chi connectivity index (χ0) is 16.7. The van der Waals surface area contributed by atoms with Gasteiger partial charge in [0.05, 0.1) is 11.6 Å². The van der Waals surface area contributed by atoms with Crippen molar-refractivity contribution in [3.63, 3.8) is 0 Å². The predicted octanol–water partition coefficient (Wildman–Crippen LogP) is 1.42. The van der Waals surface area contributed by atoms with Crippen LogP contribution < -0.4 is 21.9 Å². The van der Waals surface area contributed by atoms with Gasteiger partial charge in [0.15, 0.2) is 0 Å². The Morgan fingerprint density at radius 2 is 1.74 bits per heavy atom. The lowest BCUT2D eigenvalue weighted by Gasteiger charge is -2.27. The molecule has 0 saturated carbocycles. The van der Waals surface area contributed by atoms with Crippen LogP contribution in [0.3, 0.4) is 0 Å². The molecule has 1 aromatic carbocycles. The Morgan fingerprint density at radius 1 is 1.09 bits per heavy atom. The zero-order valence-corrected chi connectivity index (χ0v) is 13.1. The van der Waals surface area contributed by atoms with E-state index in [9.17, 15) is 14.4 Å². The third-order valence-electron chi connectivity index (χ3n) is 4.09. The van der Waals surface area contributed by atoms with E-state index >= 15 is 0 Å². The minimum Gasteiger partial charge on any atom is -0.327 e. The normalized spacial score (nSPS) is 16.7. The number of H-pyrrole nitrogens is 1. The number of benzene rings is 1. The molecule has 2 amide bonds. The lowest BCUT2D eigenvalue weighted by Crippen LogP contribution is -2.46. The van der Waals surface area contributed by atoms with Gasteiger partial charge in [-0.15, -0.1) is 0 Å². The number of anilines is 1. The van der Waals surface area contributed by atoms with E-state index in [1.165, 1.54) is 17.2 Å². The molecule has 1 aliphatic heterocycles. The Balaban J connectivity index is 2.16. The molecular weight excluding hydrogens is 296 g/mol. The van der Waals surface area contributed by atoms with E-state index in [2.05, 4.69) is 29.5 Å². The molecule has 7 heteroatoms. The maximum atomic E-state index is 12.2. The van der Waals surface area contributed by atoms with Gasteiger partial charge in [-0.1, -0.05) is 38.1 Å². The monoisotopic (exact) mass is 314 g/mol. The number of rotatable bonds is 2. The molecule has 0 radical (unpaired) electrons. The lowest BCUT2D eigenvalue weighted by molar-refractivity contribution is 0.248. The van der Waals surface area contributed by atoms with E-state index in [0.717, 1.165) is 5.56 Å². The minimum absolute atomic E-state index is 0.223. The quantitative estimate of drug-likeness (QED) is 0.782. The highest BCUT2D eigenvalue weighted by Crippen LogP contribution is 2.28. The molecule has 0 bridgehead atoms. The molecule has 0 saturated heterocycles. The molecule has 0 fully saturated rings. The number of carbonyl (C=O) groups excluding carboxylic acids is 1. The van der Waals surface area contributed by atoms with Crippen LogP contribution in [0.15, 0.2) is 33.9 Å². The van der Waals surface area contributed by atoms with E-state index in [4.69, 9.17) is 0 Å². The summed E-state index contributed by atoms with van der Waals surface area (Å²) in [4.78, 5) is 38.1. The summed E-state index contributed by atoms with van der Waals surface area (Å²) in [7, 11) is 1.50. The van der Waals surface area contributed by atoms with Gasteiger partial charge >= 0.3 is 11.7 Å². The molecule has 23 heavy (non-hydrogen) atoms. The van der Waals surface area contributed by atoms with Crippen LogP contribution in [0.4, 0.5) is 10.6 Å². The first kappa shape index (κ1) is 15.1. The average Bonchev–Trinajstić information content (AvgIpc) is 2.52. The maximum Gasteiger partial charge on any atom is 0.329 e. The highest BCUT2D eigenvalue weighted by atomic mass is 16.2. The van der Waals surface area contributed by atoms with E-state index in [0.29, 0.717) is 11.5 Å². The van der Waals surface area contributed by atoms with Crippen molar-refractivity contribution in [1.29, 1.82) is 0 Å². The van der Waals surface area contributed by atoms with Crippen LogP contribution in [0, 0.1) is 0 Å². The number of aromatic amines is 1. The van der Waals surface area contributed by atoms with Crippen molar-refractivity contribution in [3.8, 4) is 0 Å². The van der Waals surface area contributed by atoms with Crippen LogP contribution in [0.1, 0.15) is 42.5 Å². The molecule has 120 valence electrons. The Hall–Kier alpha value is -2.83. The smallest absolute Gasteiger partial charge is 0.327 e. The van der Waals surface area contributed by atoms with Crippen LogP contribution in [0.2, 0.25) is 0 Å². The van der Waals surface area contributed by atoms with E-state index in [1.54, 1.807) is 0 Å². The van der Waals surface area contributed by atoms with Crippen LogP contribution >= 0.6 is 0 Å². The Kier molecular flexibility index (Phi) is 3.55. The number of hydrogen-bond donors (Lipinski definition) is 3. The molecular formula is C16H18N4O3. The first-order valence-corrected chi connectivity index (χ1v) is 7.39. The molecule has 2 aromatic rings. The number of urea groups is 1. The number of hydrogen-bond acceptors (Lipinski definition) is 3. The van der Waals surface area contributed by atoms with Gasteiger partial charge in [-0.3, -0.25) is 19.7 Å². The van der Waals surface area contributed by atoms with E-state index < -0.39 is 23.3 Å². The summed E-state index contributed by atoms with van der Waals surface area (Å²) in [5, 5.41) is 5.27. The standard InChI is InChI=1S/C16H18N4O3/c1-8(2)9-4-6-10(7-5-9)12-11-13(18-15(22)17-12)20(3)16(23)19-14(11)21/h4-8,12H,1-3H3,(H2,17,18,22)(H,19,21,23). The second-order valence-corrected chi connectivity index (χ2v) is 5.93. The van der Waals surface area contributed by atoms with Crippen molar-refractivity contribution in [2.24, 2.45) is 7.05 Å². The first-order chi connectivity index (χ1) is 10.9. The molecule has 2 heterocycles. The van der Waals surface area contributed by atoms with E-state index in [1.807, 2.05) is 24.3 Å². The maximum absolute atomic E-state index is 12.2. The SMILES string of the molecule is CC(C)c1ccc(C2NC(=O)Nc3c2c(=O)[nH]c(=O)n3C)cc1. The van der Waals surface area contributed by atoms with Crippen molar-refractivity contribution >= 4 is 11.8 Å². The molecule has 0 spiro atoms. The number of amides is 2. The van der Waals surface area contributed by atoms with Crippen LogP contribution in [0.25, 0.3) is 0 Å². The average molecular weight is 314 g/mol. The van der Waals surface area contributed by atoms with Gasteiger partial charge in [0.25, 0.3) is 5.56 Å². The topological polar surface area (TPSA) is 96.0 Å². The summed E-state index contributed by atoms with van der Waals surface area (Å²) < 4.78 is 1.23. The van der Waals surface area contributed by atoms with Crippen molar-refractivity contribution in [3.05, 3.63) is 61.8 Å². The lowest BCUT2D eigenvalue weighted by atomic mass is 9.95. The highest BCUT2D eigenvalue weighted by Gasteiger charge is 2.30. The van der Waals surface area contributed by atoms with Gasteiger partial charge in [0, 0.05) is 7.05 Å². The first-order valence-electron chi connectivity index (χ1n) is 7.39. The fraction of sp³-hybridized carbons (Fsp3) is 0.312. The Morgan fingerprint density at radius 3 is 2.35 bits per heavy atom. The zero-order valence-electron chi connectivity index (χ0n) is 13.1. The second-order valence-electron chi connectivity index (χ2n) is 5.93. The number of nitrogens with zero attached hydrogens (tertiary/aromatic N) is 1. The second kappa shape index (κ2) is 5.42. The molecule has 0 aliphatic carbocycles. The minimum atomic E-state index is -0.601. The largest absolute Gasteiger partial charge is 0.329 e. The summed E-state index contributed by atoms with van der Waals surface area (Å²) >= 11 is 0. The number of nitrogens with one attached hydrogen (secondary N) is 3. The highest BCUT2D eigenvalue weighted by molar-refractivity contribution is 5.92. The van der Waals surface area contributed by atoms with Gasteiger partial charge in [0.1, 0.15) is 5.82 Å². The third-order valence-corrected chi connectivity index (χ3v) is 4.09. The van der Waals surface area contributed by atoms with Crippen molar-refractivity contribution in [1.82, 2.24) is 14.9 Å². The number of aromatic nitrogens is 2. The van der Waals surface area contributed by atoms with Crippen LogP contribution in [0.5, 0.6) is 0 Å². The van der Waals surface area contributed by atoms with Gasteiger partial charge in [-0.05, 0) is 17.0 Å². The molecule has 7 nitrogen and oxygen atoms in total. The summed E-state index contributed by atoms with van der Waals surface area (Å²) in [6.45, 7) is 4.19. The molecule has 1 atom stereocenters. The Bertz CT molecular complexity index is 878. The summed E-state index contributed by atoms with van der Waals surface area (Å²) in [6, 6.07) is 6.68. The number of fused-ring (bicyclic) bond motifs is 1. The Labute approximate surface area is 132 Å². The van der Waals surface area contributed by atoms with Crippen molar-refractivity contribution in [2.45, 2.75) is 25.8 Å². The van der Waals surface area contributed by atoms with Gasteiger partial charge in [0.2, 0.25) is 0 Å². The van der Waals surface area contributed by atoms with Crippen molar-refractivity contribution in [2.75, 3.05) is 5.32 Å². The number of carbonyl (C=O) groups is 1. The molecule has 3 N–H and O–H groups in total. The predicted molar refractivity (Wildman–Crippen MR) is 86.8 cm³/mol. The molecule has 1 aromatic heterocycles. The van der Waals surface area contributed by atoms with Gasteiger partial charge in [-0.2, -0.15) is 0 Å². The van der Waals surface area contributed by atoms with Crippen molar-refractivity contribution < 1.29 is 4.79 Å². The van der Waals surface area contributed by atoms with Crippen LogP contribution in [-0.4, -0.2) is 15.6 Å². The van der Waals surface area contributed by atoms with Crippen LogP contribution in [-0.2, 0) is 7.05 Å². The fourth-order valence-electron chi connectivity index (χ4n) is 2.73. The summed E-state index contributed by atoms with van der Waals surface area (Å²) in [5.74, 6) is 0.614.